The van der Waals surface area contributed by atoms with Crippen LogP contribution in [0.1, 0.15) is 23.6 Å². The van der Waals surface area contributed by atoms with E-state index < -0.39 is 0 Å². The highest BCUT2D eigenvalue weighted by Crippen LogP contribution is 2.31. The Morgan fingerprint density at radius 3 is 2.59 bits per heavy atom. The molecule has 0 saturated heterocycles. The van der Waals surface area contributed by atoms with Gasteiger partial charge >= 0.3 is 6.01 Å². The van der Waals surface area contributed by atoms with Crippen molar-refractivity contribution < 1.29 is 14.3 Å². The summed E-state index contributed by atoms with van der Waals surface area (Å²) in [6.07, 6.45) is 2.49. The van der Waals surface area contributed by atoms with Crippen molar-refractivity contribution in [2.24, 2.45) is 0 Å². The average Bonchev–Trinajstić information content (AvgIpc) is 3.09. The van der Waals surface area contributed by atoms with Gasteiger partial charge in [0.1, 0.15) is 11.3 Å². The molecule has 2 heterocycles. The lowest BCUT2D eigenvalue weighted by molar-refractivity contribution is 0.348. The molecule has 0 aliphatic carbocycles. The van der Waals surface area contributed by atoms with E-state index in [1.165, 1.54) is 5.56 Å². The Balaban J connectivity index is 1.67. The minimum atomic E-state index is 0.0275. The molecule has 4 rings (SSSR count). The van der Waals surface area contributed by atoms with Crippen LogP contribution < -0.4 is 4.74 Å². The largest absolute Gasteiger partial charge is 0.424 e. The van der Waals surface area contributed by atoms with E-state index in [1.807, 2.05) is 24.3 Å². The number of fused-ring (bicyclic) bond motifs is 1. The lowest BCUT2D eigenvalue weighted by Gasteiger charge is -2.04. The Kier molecular flexibility index (Phi) is 4.24. The van der Waals surface area contributed by atoms with E-state index in [0.29, 0.717) is 34.0 Å². The molecule has 2 aromatic heterocycles. The second-order valence-corrected chi connectivity index (χ2v) is 6.40. The SMILES string of the molecule is CCc1cccc(Oc2ncc3nc(-c4cc(C)c([O])c(C)c4)oc3n2)c1. The summed E-state index contributed by atoms with van der Waals surface area (Å²) < 4.78 is 11.5. The third-order valence-corrected chi connectivity index (χ3v) is 4.35. The van der Waals surface area contributed by atoms with Crippen LogP contribution in [0, 0.1) is 13.8 Å². The van der Waals surface area contributed by atoms with Crippen molar-refractivity contribution in [1.29, 1.82) is 0 Å². The molecule has 6 heteroatoms. The maximum Gasteiger partial charge on any atom is 0.325 e. The molecule has 0 spiro atoms. The molecule has 0 aliphatic heterocycles. The van der Waals surface area contributed by atoms with E-state index in [9.17, 15) is 5.11 Å². The highest BCUT2D eigenvalue weighted by atomic mass is 16.5. The van der Waals surface area contributed by atoms with E-state index in [0.717, 1.165) is 12.0 Å². The van der Waals surface area contributed by atoms with Crippen molar-refractivity contribution in [3.8, 4) is 29.0 Å². The molecule has 1 radical (unpaired) electrons. The molecule has 4 aromatic rings. The number of aryl methyl sites for hydroxylation is 3. The highest BCUT2D eigenvalue weighted by Gasteiger charge is 2.14. The first-order valence-corrected chi connectivity index (χ1v) is 8.72. The van der Waals surface area contributed by atoms with Gasteiger partial charge < -0.3 is 9.15 Å². The Hall–Kier alpha value is -3.41. The van der Waals surface area contributed by atoms with Crippen LogP contribution in [0.15, 0.2) is 47.0 Å². The van der Waals surface area contributed by atoms with Gasteiger partial charge in [0.15, 0.2) is 5.75 Å². The highest BCUT2D eigenvalue weighted by molar-refractivity contribution is 5.72. The van der Waals surface area contributed by atoms with Gasteiger partial charge in [0, 0.05) is 5.56 Å². The first-order chi connectivity index (χ1) is 13.0. The van der Waals surface area contributed by atoms with Crippen LogP contribution in [0.3, 0.4) is 0 Å². The molecule has 0 bridgehead atoms. The van der Waals surface area contributed by atoms with Crippen LogP contribution in [0.25, 0.3) is 22.7 Å². The van der Waals surface area contributed by atoms with Crippen molar-refractivity contribution in [3.05, 3.63) is 59.3 Å². The smallest absolute Gasteiger partial charge is 0.325 e. The number of aromatic nitrogens is 3. The summed E-state index contributed by atoms with van der Waals surface area (Å²) in [5.41, 5.74) is 4.07. The lowest BCUT2D eigenvalue weighted by atomic mass is 10.1. The number of hydrogen-bond donors (Lipinski definition) is 0. The van der Waals surface area contributed by atoms with E-state index in [1.54, 1.807) is 32.2 Å². The van der Waals surface area contributed by atoms with Gasteiger partial charge in [-0.3, -0.25) is 5.11 Å². The second kappa shape index (κ2) is 6.72. The molecule has 0 amide bonds. The third kappa shape index (κ3) is 3.33. The van der Waals surface area contributed by atoms with Crippen LogP contribution in [-0.2, 0) is 11.5 Å². The predicted octanol–water partition coefficient (Wildman–Crippen LogP) is 5.40. The fraction of sp³-hybridized carbons (Fsp3) is 0.190. The summed E-state index contributed by atoms with van der Waals surface area (Å²) in [5.74, 6) is 1.10. The maximum absolute atomic E-state index is 11.9. The average molecular weight is 360 g/mol. The van der Waals surface area contributed by atoms with Crippen molar-refractivity contribution in [2.75, 3.05) is 0 Å². The summed E-state index contributed by atoms with van der Waals surface area (Å²) >= 11 is 0. The van der Waals surface area contributed by atoms with Crippen LogP contribution in [0.4, 0.5) is 0 Å². The van der Waals surface area contributed by atoms with Crippen molar-refractivity contribution >= 4 is 11.2 Å². The number of benzene rings is 2. The van der Waals surface area contributed by atoms with E-state index >= 15 is 0 Å². The minimum Gasteiger partial charge on any atom is -0.424 e. The summed E-state index contributed by atoms with van der Waals surface area (Å²) in [4.78, 5) is 12.9. The minimum absolute atomic E-state index is 0.0275. The molecule has 0 aliphatic rings. The van der Waals surface area contributed by atoms with Gasteiger partial charge in [-0.05, 0) is 61.2 Å². The van der Waals surface area contributed by atoms with Gasteiger partial charge in [-0.15, -0.1) is 0 Å². The quantitative estimate of drug-likeness (QED) is 0.487. The number of ether oxygens (including phenoxy) is 1. The lowest BCUT2D eigenvalue weighted by Crippen LogP contribution is -1.92. The van der Waals surface area contributed by atoms with Gasteiger partial charge in [-0.1, -0.05) is 19.1 Å². The summed E-state index contributed by atoms with van der Waals surface area (Å²) in [7, 11) is 0. The zero-order valence-corrected chi connectivity index (χ0v) is 15.3. The standard InChI is InChI=1S/C21H18N3O3/c1-4-14-6-5-7-16(10-14)26-21-22-11-17-20(24-21)27-19(23-17)15-8-12(2)18(25)13(3)9-15/h5-11H,4H2,1-3H3. The molecule has 2 aromatic carbocycles. The first kappa shape index (κ1) is 17.0. The normalized spacial score (nSPS) is 11.1. The fourth-order valence-corrected chi connectivity index (χ4v) is 2.90. The van der Waals surface area contributed by atoms with Crippen molar-refractivity contribution in [1.82, 2.24) is 15.0 Å². The maximum atomic E-state index is 11.9. The molecule has 6 nitrogen and oxygen atoms in total. The summed E-state index contributed by atoms with van der Waals surface area (Å²) in [5, 5.41) is 11.9. The third-order valence-electron chi connectivity index (χ3n) is 4.35. The van der Waals surface area contributed by atoms with Gasteiger partial charge in [0.05, 0.1) is 6.20 Å². The summed E-state index contributed by atoms with van der Waals surface area (Å²) in [6, 6.07) is 11.5. The molecule has 135 valence electrons. The molecule has 0 saturated carbocycles. The fourth-order valence-electron chi connectivity index (χ4n) is 2.90. The Labute approximate surface area is 156 Å². The van der Waals surface area contributed by atoms with Crippen LogP contribution in [-0.4, -0.2) is 15.0 Å². The molecule has 0 atom stereocenters. The Bertz CT molecular complexity index is 1110. The number of nitrogens with zero attached hydrogens (tertiary/aromatic N) is 3. The zero-order chi connectivity index (χ0) is 19.0. The number of hydrogen-bond acceptors (Lipinski definition) is 5. The van der Waals surface area contributed by atoms with Crippen LogP contribution >= 0.6 is 0 Å². The Morgan fingerprint density at radius 2 is 1.85 bits per heavy atom. The number of oxazole rings is 1. The van der Waals surface area contributed by atoms with Crippen LogP contribution in [0.2, 0.25) is 0 Å². The molecule has 27 heavy (non-hydrogen) atoms. The van der Waals surface area contributed by atoms with Gasteiger partial charge in [0.2, 0.25) is 5.89 Å². The molecular weight excluding hydrogens is 342 g/mol. The van der Waals surface area contributed by atoms with Gasteiger partial charge in [-0.25, -0.2) is 9.97 Å². The van der Waals surface area contributed by atoms with Gasteiger partial charge in [0.25, 0.3) is 5.71 Å². The zero-order valence-electron chi connectivity index (χ0n) is 15.3. The van der Waals surface area contributed by atoms with E-state index in [-0.39, 0.29) is 11.8 Å². The van der Waals surface area contributed by atoms with Gasteiger partial charge in [-0.2, -0.15) is 4.98 Å². The Morgan fingerprint density at radius 1 is 1.07 bits per heavy atom. The molecular formula is C21H18N3O3. The molecule has 0 fully saturated rings. The predicted molar refractivity (Wildman–Crippen MR) is 101 cm³/mol. The molecule has 0 unspecified atom stereocenters. The number of rotatable bonds is 4. The van der Waals surface area contributed by atoms with E-state index in [4.69, 9.17) is 9.15 Å². The summed E-state index contributed by atoms with van der Waals surface area (Å²) in [6.45, 7) is 5.63. The van der Waals surface area contributed by atoms with Crippen molar-refractivity contribution in [2.45, 2.75) is 27.2 Å². The van der Waals surface area contributed by atoms with Crippen LogP contribution in [0.5, 0.6) is 17.5 Å². The topological polar surface area (TPSA) is 80.9 Å². The molecule has 0 N–H and O–H groups in total. The second-order valence-electron chi connectivity index (χ2n) is 6.40. The van der Waals surface area contributed by atoms with Crippen molar-refractivity contribution in [3.63, 3.8) is 0 Å². The first-order valence-electron chi connectivity index (χ1n) is 8.72. The monoisotopic (exact) mass is 360 g/mol. The van der Waals surface area contributed by atoms with E-state index in [2.05, 4.69) is 21.9 Å².